The first-order valence-corrected chi connectivity index (χ1v) is 5.53. The van der Waals surface area contributed by atoms with Crippen LogP contribution in [0.5, 0.6) is 0 Å². The summed E-state index contributed by atoms with van der Waals surface area (Å²) in [7, 11) is 3.42. The highest BCUT2D eigenvalue weighted by Crippen LogP contribution is 2.18. The molecule has 1 unspecified atom stereocenters. The summed E-state index contributed by atoms with van der Waals surface area (Å²) in [5.74, 6) is -0.207. The Balaban J connectivity index is 2.67. The van der Waals surface area contributed by atoms with Crippen LogP contribution in [0.3, 0.4) is 0 Å². The number of anilines is 1. The highest BCUT2D eigenvalue weighted by molar-refractivity contribution is 5.95. The van der Waals surface area contributed by atoms with Crippen molar-refractivity contribution < 1.29 is 9.53 Å². The van der Waals surface area contributed by atoms with Gasteiger partial charge in [0.15, 0.2) is 0 Å². The Morgan fingerprint density at radius 3 is 2.71 bits per heavy atom. The topological polar surface area (TPSA) is 82.2 Å². The van der Waals surface area contributed by atoms with Crippen molar-refractivity contribution in [3.8, 4) is 0 Å². The number of ether oxygens (including phenoxy) is 1. The standard InChI is InChI=1S/C11H20N4O2/c1-7-10(8(2)15(3)14-7)13-11(16)9(12)5-6-17-4/h9H,5-6,12H2,1-4H3,(H,13,16). The molecule has 0 saturated heterocycles. The van der Waals surface area contributed by atoms with Crippen molar-refractivity contribution in [3.05, 3.63) is 11.4 Å². The van der Waals surface area contributed by atoms with E-state index in [9.17, 15) is 4.79 Å². The number of carbonyl (C=O) groups is 1. The van der Waals surface area contributed by atoms with Crippen molar-refractivity contribution in [1.29, 1.82) is 0 Å². The van der Waals surface area contributed by atoms with Crippen LogP contribution in [-0.4, -0.2) is 35.4 Å². The number of aryl methyl sites for hydroxylation is 2. The molecule has 1 aromatic heterocycles. The van der Waals surface area contributed by atoms with E-state index in [-0.39, 0.29) is 5.91 Å². The molecule has 6 heteroatoms. The summed E-state index contributed by atoms with van der Waals surface area (Å²) < 4.78 is 6.62. The van der Waals surface area contributed by atoms with Gasteiger partial charge in [-0.2, -0.15) is 5.10 Å². The average Bonchev–Trinajstić information content (AvgIpc) is 2.52. The normalized spacial score (nSPS) is 12.5. The number of amides is 1. The van der Waals surface area contributed by atoms with Crippen molar-refractivity contribution in [2.75, 3.05) is 19.0 Å². The lowest BCUT2D eigenvalue weighted by atomic mass is 10.2. The van der Waals surface area contributed by atoms with Gasteiger partial charge in [-0.25, -0.2) is 0 Å². The van der Waals surface area contributed by atoms with Crippen LogP contribution in [0.15, 0.2) is 0 Å². The van der Waals surface area contributed by atoms with Gasteiger partial charge in [0.25, 0.3) is 0 Å². The summed E-state index contributed by atoms with van der Waals surface area (Å²) in [5.41, 5.74) is 8.18. The third-order valence-corrected chi connectivity index (χ3v) is 2.73. The summed E-state index contributed by atoms with van der Waals surface area (Å²) in [5, 5.41) is 7.03. The van der Waals surface area contributed by atoms with Crippen LogP contribution in [0.2, 0.25) is 0 Å². The Morgan fingerprint density at radius 2 is 2.24 bits per heavy atom. The largest absolute Gasteiger partial charge is 0.385 e. The van der Waals surface area contributed by atoms with Crippen LogP contribution >= 0.6 is 0 Å². The van der Waals surface area contributed by atoms with E-state index in [1.807, 2.05) is 20.9 Å². The molecule has 0 aliphatic heterocycles. The monoisotopic (exact) mass is 240 g/mol. The van der Waals surface area contributed by atoms with Crippen LogP contribution in [0.25, 0.3) is 0 Å². The molecule has 1 aromatic rings. The van der Waals surface area contributed by atoms with Gasteiger partial charge in [0.1, 0.15) is 0 Å². The maximum atomic E-state index is 11.8. The fraction of sp³-hybridized carbons (Fsp3) is 0.636. The molecule has 1 amide bonds. The lowest BCUT2D eigenvalue weighted by Crippen LogP contribution is -2.36. The van der Waals surface area contributed by atoms with Crippen molar-refractivity contribution in [2.24, 2.45) is 12.8 Å². The number of nitrogens with zero attached hydrogens (tertiary/aromatic N) is 2. The molecule has 1 rings (SSSR count). The number of methoxy groups -OCH3 is 1. The summed E-state index contributed by atoms with van der Waals surface area (Å²) in [6.45, 7) is 4.22. The minimum Gasteiger partial charge on any atom is -0.385 e. The summed E-state index contributed by atoms with van der Waals surface area (Å²) >= 11 is 0. The molecule has 0 saturated carbocycles. The first kappa shape index (κ1) is 13.7. The van der Waals surface area contributed by atoms with Crippen LogP contribution in [0, 0.1) is 13.8 Å². The number of rotatable bonds is 5. The molecule has 96 valence electrons. The highest BCUT2D eigenvalue weighted by atomic mass is 16.5. The summed E-state index contributed by atoms with van der Waals surface area (Å²) in [6, 6.07) is -0.561. The molecule has 1 heterocycles. The Labute approximate surface area is 101 Å². The van der Waals surface area contributed by atoms with Crippen molar-refractivity contribution in [3.63, 3.8) is 0 Å². The van der Waals surface area contributed by atoms with E-state index in [1.54, 1.807) is 11.8 Å². The first-order chi connectivity index (χ1) is 7.97. The Morgan fingerprint density at radius 1 is 1.59 bits per heavy atom. The van der Waals surface area contributed by atoms with Gasteiger partial charge in [-0.05, 0) is 20.3 Å². The first-order valence-electron chi connectivity index (χ1n) is 5.53. The number of nitrogens with two attached hydrogens (primary N) is 1. The second-order valence-corrected chi connectivity index (χ2v) is 4.05. The van der Waals surface area contributed by atoms with Gasteiger partial charge < -0.3 is 15.8 Å². The van der Waals surface area contributed by atoms with Crippen LogP contribution in [-0.2, 0) is 16.6 Å². The molecule has 0 aromatic carbocycles. The molecule has 1 atom stereocenters. The van der Waals surface area contributed by atoms with Gasteiger partial charge in [0, 0.05) is 20.8 Å². The molecule has 0 fully saturated rings. The van der Waals surface area contributed by atoms with E-state index in [4.69, 9.17) is 10.5 Å². The minimum atomic E-state index is -0.561. The van der Waals surface area contributed by atoms with Gasteiger partial charge in [0.05, 0.1) is 23.1 Å². The maximum Gasteiger partial charge on any atom is 0.241 e. The van der Waals surface area contributed by atoms with Gasteiger partial charge >= 0.3 is 0 Å². The molecule has 6 nitrogen and oxygen atoms in total. The maximum absolute atomic E-state index is 11.8. The number of aromatic nitrogens is 2. The zero-order valence-corrected chi connectivity index (χ0v) is 10.8. The Hall–Kier alpha value is -1.40. The fourth-order valence-electron chi connectivity index (χ4n) is 1.55. The minimum absolute atomic E-state index is 0.207. The number of hydrogen-bond donors (Lipinski definition) is 2. The third kappa shape index (κ3) is 3.28. The predicted molar refractivity (Wildman–Crippen MR) is 65.8 cm³/mol. The summed E-state index contributed by atoms with van der Waals surface area (Å²) in [4.78, 5) is 11.8. The smallest absolute Gasteiger partial charge is 0.241 e. The Bertz CT molecular complexity index is 400. The van der Waals surface area contributed by atoms with E-state index < -0.39 is 6.04 Å². The molecule has 17 heavy (non-hydrogen) atoms. The highest BCUT2D eigenvalue weighted by Gasteiger charge is 2.17. The molecule has 0 bridgehead atoms. The second-order valence-electron chi connectivity index (χ2n) is 4.05. The molecule has 0 spiro atoms. The zero-order valence-electron chi connectivity index (χ0n) is 10.8. The van der Waals surface area contributed by atoms with Gasteiger partial charge in [-0.15, -0.1) is 0 Å². The second kappa shape index (κ2) is 5.79. The number of nitrogens with one attached hydrogen (secondary N) is 1. The van der Waals surface area contributed by atoms with Crippen LogP contribution < -0.4 is 11.1 Å². The van der Waals surface area contributed by atoms with E-state index in [0.29, 0.717) is 13.0 Å². The lowest BCUT2D eigenvalue weighted by Gasteiger charge is -2.11. The molecule has 0 aliphatic rings. The molecular formula is C11H20N4O2. The lowest BCUT2D eigenvalue weighted by molar-refractivity contribution is -0.117. The van der Waals surface area contributed by atoms with Gasteiger partial charge in [0.2, 0.25) is 5.91 Å². The van der Waals surface area contributed by atoms with Crippen molar-refractivity contribution >= 4 is 11.6 Å². The van der Waals surface area contributed by atoms with E-state index in [1.165, 1.54) is 0 Å². The molecule has 3 N–H and O–H groups in total. The Kier molecular flexibility index (Phi) is 4.65. The van der Waals surface area contributed by atoms with E-state index in [2.05, 4.69) is 10.4 Å². The van der Waals surface area contributed by atoms with Crippen molar-refractivity contribution in [2.45, 2.75) is 26.3 Å². The average molecular weight is 240 g/mol. The summed E-state index contributed by atoms with van der Waals surface area (Å²) in [6.07, 6.45) is 0.501. The van der Waals surface area contributed by atoms with Gasteiger partial charge in [-0.3, -0.25) is 9.48 Å². The van der Waals surface area contributed by atoms with E-state index >= 15 is 0 Å². The molecule has 0 aliphatic carbocycles. The number of carbonyl (C=O) groups excluding carboxylic acids is 1. The third-order valence-electron chi connectivity index (χ3n) is 2.73. The van der Waals surface area contributed by atoms with E-state index in [0.717, 1.165) is 17.1 Å². The molecule has 0 radical (unpaired) electrons. The van der Waals surface area contributed by atoms with Crippen LogP contribution in [0.4, 0.5) is 5.69 Å². The zero-order chi connectivity index (χ0) is 13.0. The fourth-order valence-corrected chi connectivity index (χ4v) is 1.55. The number of hydrogen-bond acceptors (Lipinski definition) is 4. The quantitative estimate of drug-likeness (QED) is 0.777. The SMILES string of the molecule is COCCC(N)C(=O)Nc1c(C)nn(C)c1C. The predicted octanol–water partition coefficient (Wildman–Crippen LogP) is 0.339. The molecular weight excluding hydrogens is 220 g/mol. The van der Waals surface area contributed by atoms with Crippen LogP contribution in [0.1, 0.15) is 17.8 Å². The van der Waals surface area contributed by atoms with Crippen molar-refractivity contribution in [1.82, 2.24) is 9.78 Å². The van der Waals surface area contributed by atoms with Gasteiger partial charge in [-0.1, -0.05) is 0 Å².